The average Bonchev–Trinajstić information content (AvgIpc) is 2.90. The van der Waals surface area contributed by atoms with Crippen molar-refractivity contribution in [1.82, 2.24) is 10.2 Å². The molecule has 2 aliphatic rings. The Labute approximate surface area is 146 Å². The third-order valence-corrected chi connectivity index (χ3v) is 4.25. The van der Waals surface area contributed by atoms with E-state index in [1.54, 1.807) is 0 Å². The van der Waals surface area contributed by atoms with Crippen molar-refractivity contribution < 1.29 is 4.74 Å². The van der Waals surface area contributed by atoms with Crippen LogP contribution in [0.1, 0.15) is 46.5 Å². The van der Waals surface area contributed by atoms with E-state index in [2.05, 4.69) is 36.0 Å². The summed E-state index contributed by atoms with van der Waals surface area (Å²) in [6, 6.07) is 0. The van der Waals surface area contributed by atoms with Gasteiger partial charge in [-0.2, -0.15) is 0 Å². The maximum Gasteiger partial charge on any atom is 0.189 e. The Morgan fingerprint density at radius 1 is 1.24 bits per heavy atom. The van der Waals surface area contributed by atoms with Crippen LogP contribution in [0.3, 0.4) is 0 Å². The number of likely N-dealkylation sites (tertiary alicyclic amines) is 1. The first kappa shape index (κ1) is 19.0. The second-order valence-corrected chi connectivity index (χ2v) is 7.11. The number of rotatable bonds is 3. The van der Waals surface area contributed by atoms with Crippen LogP contribution in [0.2, 0.25) is 0 Å². The molecule has 0 spiro atoms. The molecule has 21 heavy (non-hydrogen) atoms. The molecule has 0 saturated carbocycles. The molecule has 0 bridgehead atoms. The van der Waals surface area contributed by atoms with Gasteiger partial charge in [0.15, 0.2) is 5.96 Å². The Balaban J connectivity index is 0.00000220. The highest BCUT2D eigenvalue weighted by Crippen LogP contribution is 2.31. The van der Waals surface area contributed by atoms with E-state index in [1.807, 2.05) is 0 Å². The summed E-state index contributed by atoms with van der Waals surface area (Å²) in [5.74, 6) is 0.558. The highest BCUT2D eigenvalue weighted by molar-refractivity contribution is 14.0. The number of aliphatic imine (C=N–C) groups is 1. The van der Waals surface area contributed by atoms with E-state index in [0.717, 1.165) is 32.6 Å². The summed E-state index contributed by atoms with van der Waals surface area (Å²) in [6.07, 6.45) is 4.75. The highest BCUT2D eigenvalue weighted by atomic mass is 127. The first-order valence-electron chi connectivity index (χ1n) is 7.82. The maximum atomic E-state index is 6.02. The number of guanidine groups is 1. The largest absolute Gasteiger partial charge is 0.381 e. The summed E-state index contributed by atoms with van der Waals surface area (Å²) in [4.78, 5) is 7.25. The van der Waals surface area contributed by atoms with Gasteiger partial charge in [0.2, 0.25) is 0 Å². The third-order valence-electron chi connectivity index (χ3n) is 4.25. The Morgan fingerprint density at radius 2 is 1.81 bits per heavy atom. The van der Waals surface area contributed by atoms with Gasteiger partial charge in [-0.3, -0.25) is 9.89 Å². The summed E-state index contributed by atoms with van der Waals surface area (Å²) in [5, 5.41) is 3.24. The molecular weight excluding hydrogens is 379 g/mol. The molecule has 0 unspecified atom stereocenters. The van der Waals surface area contributed by atoms with Crippen molar-refractivity contribution in [1.29, 1.82) is 0 Å². The first-order valence-corrected chi connectivity index (χ1v) is 7.82. The van der Waals surface area contributed by atoms with Gasteiger partial charge in [-0.25, -0.2) is 0 Å². The fourth-order valence-electron chi connectivity index (χ4n) is 3.17. The summed E-state index contributed by atoms with van der Waals surface area (Å²) < 4.78 is 5.55. The van der Waals surface area contributed by atoms with E-state index in [-0.39, 0.29) is 35.1 Å². The lowest BCUT2D eigenvalue weighted by molar-refractivity contribution is -0.0138. The molecule has 2 rings (SSSR count). The van der Waals surface area contributed by atoms with Crippen LogP contribution in [0.5, 0.6) is 0 Å². The lowest BCUT2D eigenvalue weighted by Crippen LogP contribution is -2.54. The molecule has 0 aromatic carbocycles. The maximum absolute atomic E-state index is 6.02. The van der Waals surface area contributed by atoms with Gasteiger partial charge in [0.05, 0.1) is 6.54 Å². The molecule has 3 N–H and O–H groups in total. The van der Waals surface area contributed by atoms with Crippen molar-refractivity contribution >= 4 is 29.9 Å². The van der Waals surface area contributed by atoms with Crippen molar-refractivity contribution in [2.24, 2.45) is 10.7 Å². The van der Waals surface area contributed by atoms with Gasteiger partial charge >= 0.3 is 0 Å². The first-order chi connectivity index (χ1) is 9.41. The molecule has 2 saturated heterocycles. The quantitative estimate of drug-likeness (QED) is 0.424. The van der Waals surface area contributed by atoms with E-state index >= 15 is 0 Å². The molecule has 0 radical (unpaired) electrons. The number of halogens is 1. The molecule has 124 valence electrons. The monoisotopic (exact) mass is 410 g/mol. The number of hydrogen-bond donors (Lipinski definition) is 2. The number of ether oxygens (including phenoxy) is 1. The van der Waals surface area contributed by atoms with Gasteiger partial charge in [0, 0.05) is 24.3 Å². The summed E-state index contributed by atoms with van der Waals surface area (Å²) in [5.41, 5.74) is 6.15. The van der Waals surface area contributed by atoms with Crippen LogP contribution in [-0.2, 0) is 4.74 Å². The van der Waals surface area contributed by atoms with Crippen molar-refractivity contribution in [2.45, 2.75) is 57.5 Å². The predicted octanol–water partition coefficient (Wildman–Crippen LogP) is 1.95. The minimum Gasteiger partial charge on any atom is -0.381 e. The SMILES string of the molecule is CC(C)(C)NC(N)=NCC1(N2CCCC2)CCOCC1.I. The van der Waals surface area contributed by atoms with E-state index < -0.39 is 0 Å². The van der Waals surface area contributed by atoms with Crippen LogP contribution < -0.4 is 11.1 Å². The van der Waals surface area contributed by atoms with Crippen molar-refractivity contribution in [3.8, 4) is 0 Å². The number of nitrogens with zero attached hydrogens (tertiary/aromatic N) is 2. The van der Waals surface area contributed by atoms with Crippen LogP contribution in [-0.4, -0.2) is 54.8 Å². The van der Waals surface area contributed by atoms with Gasteiger partial charge in [-0.15, -0.1) is 24.0 Å². The number of nitrogens with two attached hydrogens (primary N) is 1. The summed E-state index contributed by atoms with van der Waals surface area (Å²) in [6.45, 7) is 11.2. The molecule has 0 aromatic heterocycles. The number of nitrogens with one attached hydrogen (secondary N) is 1. The molecule has 0 atom stereocenters. The molecule has 6 heteroatoms. The zero-order valence-electron chi connectivity index (χ0n) is 13.7. The standard InChI is InChI=1S/C15H30N4O.HI/c1-14(2,3)18-13(16)17-12-15(6-10-20-11-7-15)19-8-4-5-9-19;/h4-12H2,1-3H3,(H3,16,17,18);1H. The van der Waals surface area contributed by atoms with Crippen LogP contribution in [0.15, 0.2) is 4.99 Å². The zero-order valence-corrected chi connectivity index (χ0v) is 16.0. The average molecular weight is 410 g/mol. The van der Waals surface area contributed by atoms with Crippen molar-refractivity contribution in [3.05, 3.63) is 0 Å². The molecule has 0 aliphatic carbocycles. The van der Waals surface area contributed by atoms with E-state index in [9.17, 15) is 0 Å². The van der Waals surface area contributed by atoms with E-state index in [0.29, 0.717) is 5.96 Å². The van der Waals surface area contributed by atoms with Crippen LogP contribution >= 0.6 is 24.0 Å². The molecule has 0 aromatic rings. The second kappa shape index (κ2) is 7.97. The second-order valence-electron chi connectivity index (χ2n) is 7.11. The lowest BCUT2D eigenvalue weighted by Gasteiger charge is -2.43. The van der Waals surface area contributed by atoms with E-state index in [1.165, 1.54) is 25.9 Å². The number of hydrogen-bond acceptors (Lipinski definition) is 3. The fourth-order valence-corrected chi connectivity index (χ4v) is 3.17. The summed E-state index contributed by atoms with van der Waals surface area (Å²) in [7, 11) is 0. The molecule has 0 amide bonds. The Kier molecular flexibility index (Phi) is 7.19. The van der Waals surface area contributed by atoms with Crippen molar-refractivity contribution in [3.63, 3.8) is 0 Å². The zero-order chi connectivity index (χ0) is 14.6. The smallest absolute Gasteiger partial charge is 0.189 e. The van der Waals surface area contributed by atoms with Gasteiger partial charge in [-0.1, -0.05) is 0 Å². The van der Waals surface area contributed by atoms with Crippen molar-refractivity contribution in [2.75, 3.05) is 32.8 Å². The van der Waals surface area contributed by atoms with Gasteiger partial charge in [0.25, 0.3) is 0 Å². The van der Waals surface area contributed by atoms with Crippen LogP contribution in [0, 0.1) is 0 Å². The fraction of sp³-hybridized carbons (Fsp3) is 0.933. The Morgan fingerprint density at radius 3 is 2.33 bits per heavy atom. The molecule has 2 heterocycles. The molecule has 5 nitrogen and oxygen atoms in total. The predicted molar refractivity (Wildman–Crippen MR) is 98.4 cm³/mol. The Hall–Kier alpha value is -0.0800. The topological polar surface area (TPSA) is 62.9 Å². The van der Waals surface area contributed by atoms with E-state index in [4.69, 9.17) is 10.5 Å². The van der Waals surface area contributed by atoms with Crippen LogP contribution in [0.4, 0.5) is 0 Å². The highest BCUT2D eigenvalue weighted by Gasteiger charge is 2.39. The summed E-state index contributed by atoms with van der Waals surface area (Å²) >= 11 is 0. The Bertz CT molecular complexity index is 342. The lowest BCUT2D eigenvalue weighted by atomic mass is 9.88. The van der Waals surface area contributed by atoms with Crippen LogP contribution in [0.25, 0.3) is 0 Å². The van der Waals surface area contributed by atoms with Gasteiger partial charge in [0.1, 0.15) is 0 Å². The van der Waals surface area contributed by atoms with Gasteiger partial charge < -0.3 is 15.8 Å². The molecule has 2 fully saturated rings. The normalized spacial score (nSPS) is 23.7. The third kappa shape index (κ3) is 5.56. The molecular formula is C15H31IN4O. The molecule has 2 aliphatic heterocycles. The minimum atomic E-state index is -0.0376. The minimum absolute atomic E-state index is 0. The van der Waals surface area contributed by atoms with Gasteiger partial charge in [-0.05, 0) is 59.5 Å².